The molecule has 2 aromatic carbocycles. The highest BCUT2D eigenvalue weighted by Gasteiger charge is 2.25. The predicted octanol–water partition coefficient (Wildman–Crippen LogP) is 3.45. The molecule has 0 aliphatic carbocycles. The van der Waals surface area contributed by atoms with Crippen LogP contribution < -0.4 is 5.32 Å². The van der Waals surface area contributed by atoms with E-state index >= 15 is 0 Å². The molecule has 0 aliphatic rings. The number of hydrogen-bond donors (Lipinski definition) is 1. The molecular formula is C19H23ClN2O4S. The highest BCUT2D eigenvalue weighted by Crippen LogP contribution is 2.25. The monoisotopic (exact) mass is 410 g/mol. The van der Waals surface area contributed by atoms with Gasteiger partial charge in [-0.3, -0.25) is 9.63 Å². The Morgan fingerprint density at radius 1 is 1.22 bits per heavy atom. The summed E-state index contributed by atoms with van der Waals surface area (Å²) in [5, 5.41) is 2.89. The largest absolute Gasteiger partial charge is 0.351 e. The van der Waals surface area contributed by atoms with E-state index in [0.29, 0.717) is 11.0 Å². The molecule has 0 radical (unpaired) electrons. The minimum Gasteiger partial charge on any atom is -0.351 e. The minimum absolute atomic E-state index is 0.0196. The molecule has 27 heavy (non-hydrogen) atoms. The van der Waals surface area contributed by atoms with Crippen LogP contribution in [0.15, 0.2) is 53.4 Å². The standard InChI is InChI=1S/C19H23ClN2O4S/c1-4-14(15-8-6-5-7-9-15)13-21-19(23)16-10-11-17(20)18(12-16)27(24,25)22(2)26-3/h5-12,14H,4,13H2,1-3H3,(H,21,23). The fourth-order valence-corrected chi connectivity index (χ4v) is 4.09. The van der Waals surface area contributed by atoms with Crippen LogP contribution >= 0.6 is 11.6 Å². The fourth-order valence-electron chi connectivity index (χ4n) is 2.62. The van der Waals surface area contributed by atoms with Crippen LogP contribution in [0.4, 0.5) is 0 Å². The predicted molar refractivity (Wildman–Crippen MR) is 105 cm³/mol. The van der Waals surface area contributed by atoms with E-state index in [0.717, 1.165) is 12.0 Å². The van der Waals surface area contributed by atoms with Crippen molar-refractivity contribution in [1.29, 1.82) is 0 Å². The Labute approximate surface area is 165 Å². The van der Waals surface area contributed by atoms with Gasteiger partial charge in [0.1, 0.15) is 4.90 Å². The molecule has 0 bridgehead atoms. The molecule has 0 saturated heterocycles. The van der Waals surface area contributed by atoms with Crippen LogP contribution in [0.3, 0.4) is 0 Å². The van der Waals surface area contributed by atoms with Crippen molar-refractivity contribution in [3.05, 3.63) is 64.7 Å². The van der Waals surface area contributed by atoms with E-state index in [1.54, 1.807) is 0 Å². The lowest BCUT2D eigenvalue weighted by molar-refractivity contribution is -0.0258. The maximum Gasteiger partial charge on any atom is 0.266 e. The number of nitrogens with one attached hydrogen (secondary N) is 1. The number of sulfonamides is 1. The summed E-state index contributed by atoms with van der Waals surface area (Å²) in [5.74, 6) is -0.192. The van der Waals surface area contributed by atoms with Gasteiger partial charge in [-0.1, -0.05) is 53.3 Å². The van der Waals surface area contributed by atoms with Crippen molar-refractivity contribution in [2.75, 3.05) is 20.7 Å². The van der Waals surface area contributed by atoms with Gasteiger partial charge >= 0.3 is 0 Å². The van der Waals surface area contributed by atoms with Crippen molar-refractivity contribution in [1.82, 2.24) is 9.79 Å². The molecule has 2 rings (SSSR count). The van der Waals surface area contributed by atoms with E-state index in [2.05, 4.69) is 12.2 Å². The summed E-state index contributed by atoms with van der Waals surface area (Å²) in [7, 11) is -1.47. The van der Waals surface area contributed by atoms with Crippen LogP contribution in [-0.2, 0) is 14.9 Å². The molecule has 0 aromatic heterocycles. The molecule has 0 fully saturated rings. The number of carbonyl (C=O) groups excluding carboxylic acids is 1. The minimum atomic E-state index is -3.96. The Bertz CT molecular complexity index is 888. The molecule has 1 amide bonds. The molecule has 6 nitrogen and oxygen atoms in total. The summed E-state index contributed by atoms with van der Waals surface area (Å²) in [6.07, 6.45) is 0.864. The summed E-state index contributed by atoms with van der Waals surface area (Å²) < 4.78 is 25.6. The second kappa shape index (κ2) is 9.32. The van der Waals surface area contributed by atoms with Gasteiger partial charge in [-0.2, -0.15) is 0 Å². The van der Waals surface area contributed by atoms with Crippen LogP contribution in [0, 0.1) is 0 Å². The molecule has 0 saturated carbocycles. The van der Waals surface area contributed by atoms with Crippen molar-refractivity contribution in [2.24, 2.45) is 0 Å². The van der Waals surface area contributed by atoms with Gasteiger partial charge in [-0.05, 0) is 30.2 Å². The molecule has 1 unspecified atom stereocenters. The molecule has 1 N–H and O–H groups in total. The first-order chi connectivity index (χ1) is 12.8. The van der Waals surface area contributed by atoms with E-state index in [4.69, 9.17) is 16.4 Å². The van der Waals surface area contributed by atoms with Gasteiger partial charge in [0.25, 0.3) is 15.9 Å². The Balaban J connectivity index is 2.19. The van der Waals surface area contributed by atoms with E-state index in [9.17, 15) is 13.2 Å². The summed E-state index contributed by atoms with van der Waals surface area (Å²) in [6.45, 7) is 2.50. The zero-order valence-corrected chi connectivity index (χ0v) is 17.0. The van der Waals surface area contributed by atoms with E-state index in [1.165, 1.54) is 32.4 Å². The van der Waals surface area contributed by atoms with Gasteiger partial charge < -0.3 is 5.32 Å². The summed E-state index contributed by atoms with van der Waals surface area (Å²) >= 11 is 6.02. The third-order valence-electron chi connectivity index (χ3n) is 4.34. The van der Waals surface area contributed by atoms with Crippen LogP contribution in [0.25, 0.3) is 0 Å². The molecule has 146 valence electrons. The molecule has 0 spiro atoms. The lowest BCUT2D eigenvalue weighted by Crippen LogP contribution is -2.29. The molecule has 2 aromatic rings. The van der Waals surface area contributed by atoms with Crippen molar-refractivity contribution in [3.63, 3.8) is 0 Å². The molecule has 1 atom stereocenters. The Hall–Kier alpha value is -1.93. The average Bonchev–Trinajstić information content (AvgIpc) is 2.68. The quantitative estimate of drug-likeness (QED) is 0.676. The topological polar surface area (TPSA) is 75.7 Å². The highest BCUT2D eigenvalue weighted by atomic mass is 35.5. The number of hydroxylamine groups is 1. The summed E-state index contributed by atoms with van der Waals surface area (Å²) in [6, 6.07) is 14.1. The Kier molecular flexibility index (Phi) is 7.38. The third kappa shape index (κ3) is 5.07. The molecule has 0 aliphatic heterocycles. The second-order valence-corrected chi connectivity index (χ2v) is 8.28. The third-order valence-corrected chi connectivity index (χ3v) is 6.50. The van der Waals surface area contributed by atoms with Crippen LogP contribution in [0.1, 0.15) is 35.2 Å². The number of carbonyl (C=O) groups is 1. The number of amides is 1. The average molecular weight is 411 g/mol. The summed E-state index contributed by atoms with van der Waals surface area (Å²) in [5.41, 5.74) is 1.35. The number of halogens is 1. The summed E-state index contributed by atoms with van der Waals surface area (Å²) in [4.78, 5) is 17.1. The van der Waals surface area contributed by atoms with Crippen molar-refractivity contribution >= 4 is 27.5 Å². The van der Waals surface area contributed by atoms with Gasteiger partial charge in [0.15, 0.2) is 0 Å². The van der Waals surface area contributed by atoms with Crippen molar-refractivity contribution < 1.29 is 18.0 Å². The van der Waals surface area contributed by atoms with Crippen LogP contribution in [0.5, 0.6) is 0 Å². The van der Waals surface area contributed by atoms with Gasteiger partial charge in [0, 0.05) is 25.1 Å². The highest BCUT2D eigenvalue weighted by molar-refractivity contribution is 7.89. The van der Waals surface area contributed by atoms with Crippen LogP contribution in [-0.4, -0.2) is 39.5 Å². The normalized spacial score (nSPS) is 12.8. The van der Waals surface area contributed by atoms with E-state index in [-0.39, 0.29) is 27.3 Å². The zero-order chi connectivity index (χ0) is 20.0. The van der Waals surface area contributed by atoms with E-state index in [1.807, 2.05) is 30.3 Å². The van der Waals surface area contributed by atoms with Crippen molar-refractivity contribution in [2.45, 2.75) is 24.2 Å². The molecular weight excluding hydrogens is 388 g/mol. The van der Waals surface area contributed by atoms with E-state index < -0.39 is 10.0 Å². The van der Waals surface area contributed by atoms with Gasteiger partial charge in [-0.15, -0.1) is 0 Å². The first-order valence-electron chi connectivity index (χ1n) is 8.47. The van der Waals surface area contributed by atoms with Gasteiger partial charge in [-0.25, -0.2) is 8.42 Å². The number of hydrogen-bond acceptors (Lipinski definition) is 4. The number of benzene rings is 2. The van der Waals surface area contributed by atoms with Gasteiger partial charge in [0.2, 0.25) is 0 Å². The fraction of sp³-hybridized carbons (Fsp3) is 0.316. The first-order valence-corrected chi connectivity index (χ1v) is 10.3. The maximum absolute atomic E-state index is 12.5. The Morgan fingerprint density at radius 2 is 1.89 bits per heavy atom. The first kappa shape index (κ1) is 21.4. The molecule has 8 heteroatoms. The van der Waals surface area contributed by atoms with Crippen LogP contribution in [0.2, 0.25) is 5.02 Å². The SMILES string of the molecule is CCC(CNC(=O)c1ccc(Cl)c(S(=O)(=O)N(C)OC)c1)c1ccccc1. The Morgan fingerprint density at radius 3 is 2.48 bits per heavy atom. The lowest BCUT2D eigenvalue weighted by atomic mass is 9.96. The number of nitrogens with zero attached hydrogens (tertiary/aromatic N) is 1. The maximum atomic E-state index is 12.5. The smallest absolute Gasteiger partial charge is 0.266 e. The van der Waals surface area contributed by atoms with Gasteiger partial charge in [0.05, 0.1) is 12.1 Å². The number of rotatable bonds is 8. The van der Waals surface area contributed by atoms with Crippen molar-refractivity contribution in [3.8, 4) is 0 Å². The zero-order valence-electron chi connectivity index (χ0n) is 15.5. The second-order valence-electron chi connectivity index (χ2n) is 5.97. The lowest BCUT2D eigenvalue weighted by Gasteiger charge is -2.17. The molecule has 0 heterocycles.